The van der Waals surface area contributed by atoms with E-state index in [4.69, 9.17) is 4.74 Å². The molecular formula is C17H19NO. The van der Waals surface area contributed by atoms with Crippen molar-refractivity contribution in [3.05, 3.63) is 84.6 Å². The second kappa shape index (κ2) is 7.17. The molecule has 2 nitrogen and oxygen atoms in total. The zero-order valence-electron chi connectivity index (χ0n) is 11.5. The molecule has 0 fully saturated rings. The molecule has 0 aromatic heterocycles. The number of hydrogen-bond donors (Lipinski definition) is 0. The SMILES string of the molecule is C=C/C(C)=C\C(=C)C(=C)N=C(OC)c1ccccc1. The first kappa shape index (κ1) is 14.7. The number of hydrogen-bond acceptors (Lipinski definition) is 2. The van der Waals surface area contributed by atoms with Crippen LogP contribution in [0.1, 0.15) is 12.5 Å². The molecule has 0 aliphatic heterocycles. The Labute approximate surface area is 115 Å². The van der Waals surface area contributed by atoms with Crippen LogP contribution in [0.4, 0.5) is 0 Å². The lowest BCUT2D eigenvalue weighted by Crippen LogP contribution is -2.04. The summed E-state index contributed by atoms with van der Waals surface area (Å²) in [6, 6.07) is 9.68. The van der Waals surface area contributed by atoms with E-state index in [1.807, 2.05) is 43.3 Å². The van der Waals surface area contributed by atoms with E-state index in [2.05, 4.69) is 24.7 Å². The summed E-state index contributed by atoms with van der Waals surface area (Å²) in [5.41, 5.74) is 3.23. The van der Waals surface area contributed by atoms with Gasteiger partial charge in [0.25, 0.3) is 0 Å². The summed E-state index contributed by atoms with van der Waals surface area (Å²) < 4.78 is 5.30. The topological polar surface area (TPSA) is 21.6 Å². The van der Waals surface area contributed by atoms with E-state index in [1.165, 1.54) is 0 Å². The van der Waals surface area contributed by atoms with E-state index in [9.17, 15) is 0 Å². The Balaban J connectivity index is 2.97. The lowest BCUT2D eigenvalue weighted by Gasteiger charge is -2.07. The van der Waals surface area contributed by atoms with Crippen molar-refractivity contribution in [2.24, 2.45) is 4.99 Å². The van der Waals surface area contributed by atoms with Gasteiger partial charge in [-0.1, -0.05) is 55.7 Å². The van der Waals surface area contributed by atoms with E-state index < -0.39 is 0 Å². The lowest BCUT2D eigenvalue weighted by molar-refractivity contribution is 0.404. The van der Waals surface area contributed by atoms with Crippen LogP contribution in [0.25, 0.3) is 0 Å². The van der Waals surface area contributed by atoms with Crippen molar-refractivity contribution in [2.45, 2.75) is 6.92 Å². The van der Waals surface area contributed by atoms with Gasteiger partial charge in [-0.05, 0) is 24.6 Å². The van der Waals surface area contributed by atoms with Crippen LogP contribution < -0.4 is 0 Å². The van der Waals surface area contributed by atoms with Gasteiger partial charge in [0.2, 0.25) is 5.90 Å². The van der Waals surface area contributed by atoms with Gasteiger partial charge in [0.1, 0.15) is 0 Å². The van der Waals surface area contributed by atoms with Crippen LogP contribution >= 0.6 is 0 Å². The third-order valence-corrected chi connectivity index (χ3v) is 2.55. The highest BCUT2D eigenvalue weighted by atomic mass is 16.5. The van der Waals surface area contributed by atoms with E-state index in [0.717, 1.165) is 16.7 Å². The first-order valence-corrected chi connectivity index (χ1v) is 5.95. The van der Waals surface area contributed by atoms with E-state index in [-0.39, 0.29) is 0 Å². The maximum atomic E-state index is 5.30. The molecule has 0 spiro atoms. The summed E-state index contributed by atoms with van der Waals surface area (Å²) in [7, 11) is 1.59. The minimum Gasteiger partial charge on any atom is -0.481 e. The maximum Gasteiger partial charge on any atom is 0.220 e. The third kappa shape index (κ3) is 4.43. The molecule has 0 saturated heterocycles. The Morgan fingerprint density at radius 1 is 1.21 bits per heavy atom. The van der Waals surface area contributed by atoms with E-state index >= 15 is 0 Å². The normalized spacial score (nSPS) is 11.9. The minimum absolute atomic E-state index is 0.524. The predicted molar refractivity (Wildman–Crippen MR) is 82.2 cm³/mol. The highest BCUT2D eigenvalue weighted by Gasteiger charge is 2.04. The molecule has 0 bridgehead atoms. The summed E-state index contributed by atoms with van der Waals surface area (Å²) in [6.45, 7) is 13.5. The van der Waals surface area contributed by atoms with Crippen molar-refractivity contribution in [1.29, 1.82) is 0 Å². The summed E-state index contributed by atoms with van der Waals surface area (Å²) >= 11 is 0. The monoisotopic (exact) mass is 253 g/mol. The van der Waals surface area contributed by atoms with Crippen LogP contribution in [0.5, 0.6) is 0 Å². The molecule has 0 atom stereocenters. The number of benzene rings is 1. The fourth-order valence-corrected chi connectivity index (χ4v) is 1.42. The maximum absolute atomic E-state index is 5.30. The van der Waals surface area contributed by atoms with Crippen LogP contribution in [-0.4, -0.2) is 13.0 Å². The molecule has 1 aromatic rings. The van der Waals surface area contributed by atoms with Crippen LogP contribution in [0.3, 0.4) is 0 Å². The Kier molecular flexibility index (Phi) is 5.55. The van der Waals surface area contributed by atoms with Gasteiger partial charge in [0, 0.05) is 5.56 Å². The Morgan fingerprint density at radius 3 is 2.37 bits per heavy atom. The van der Waals surface area contributed by atoms with Gasteiger partial charge < -0.3 is 4.74 Å². The molecule has 0 N–H and O–H groups in total. The van der Waals surface area contributed by atoms with E-state index in [0.29, 0.717) is 11.6 Å². The van der Waals surface area contributed by atoms with E-state index in [1.54, 1.807) is 13.2 Å². The fraction of sp³-hybridized carbons (Fsp3) is 0.118. The quantitative estimate of drug-likeness (QED) is 0.436. The van der Waals surface area contributed by atoms with Crippen LogP contribution in [0, 0.1) is 0 Å². The van der Waals surface area contributed by atoms with Crippen molar-refractivity contribution in [3.8, 4) is 0 Å². The Bertz CT molecular complexity index is 536. The van der Waals surface area contributed by atoms with Crippen molar-refractivity contribution >= 4 is 5.90 Å². The predicted octanol–water partition coefficient (Wildman–Crippen LogP) is 4.28. The number of nitrogens with zero attached hydrogens (tertiary/aromatic N) is 1. The second-order valence-electron chi connectivity index (χ2n) is 4.05. The molecule has 1 rings (SSSR count). The number of ether oxygens (including phenoxy) is 1. The molecule has 2 heteroatoms. The molecule has 0 unspecified atom stereocenters. The zero-order valence-corrected chi connectivity index (χ0v) is 11.5. The van der Waals surface area contributed by atoms with Crippen molar-refractivity contribution in [2.75, 3.05) is 7.11 Å². The molecule has 1 aromatic carbocycles. The molecule has 0 heterocycles. The molecule has 98 valence electrons. The number of rotatable bonds is 5. The lowest BCUT2D eigenvalue weighted by atomic mass is 10.1. The smallest absolute Gasteiger partial charge is 0.220 e. The largest absolute Gasteiger partial charge is 0.481 e. The number of aliphatic imine (C=N–C) groups is 1. The minimum atomic E-state index is 0.524. The van der Waals surface area contributed by atoms with Crippen LogP contribution in [-0.2, 0) is 4.74 Å². The van der Waals surface area contributed by atoms with Crippen molar-refractivity contribution in [1.82, 2.24) is 0 Å². The van der Waals surface area contributed by atoms with Gasteiger partial charge in [-0.25, -0.2) is 4.99 Å². The summed E-state index contributed by atoms with van der Waals surface area (Å²) in [4.78, 5) is 4.37. The van der Waals surface area contributed by atoms with Crippen molar-refractivity contribution in [3.63, 3.8) is 0 Å². The molecule has 0 amide bonds. The number of methoxy groups -OCH3 is 1. The van der Waals surface area contributed by atoms with Crippen LogP contribution in [0.2, 0.25) is 0 Å². The highest BCUT2D eigenvalue weighted by Crippen LogP contribution is 2.14. The fourth-order valence-electron chi connectivity index (χ4n) is 1.42. The summed E-state index contributed by atoms with van der Waals surface area (Å²) in [5, 5.41) is 0. The molecule has 0 aliphatic carbocycles. The van der Waals surface area contributed by atoms with Gasteiger partial charge in [0.15, 0.2) is 0 Å². The standard InChI is InChI=1S/C17H19NO/c1-6-13(2)12-14(3)15(4)18-17(19-5)16-10-8-7-9-11-16/h6-12H,1,3-4H2,2,5H3/b13-12-,18-17?. The van der Waals surface area contributed by atoms with Crippen LogP contribution in [0.15, 0.2) is 84.1 Å². The first-order valence-electron chi connectivity index (χ1n) is 5.95. The zero-order chi connectivity index (χ0) is 14.3. The third-order valence-electron chi connectivity index (χ3n) is 2.55. The molecule has 0 aliphatic rings. The summed E-state index contributed by atoms with van der Waals surface area (Å²) in [5.74, 6) is 0.524. The molecular weight excluding hydrogens is 234 g/mol. The molecule has 0 saturated carbocycles. The van der Waals surface area contributed by atoms with Gasteiger partial charge in [-0.15, -0.1) is 0 Å². The molecule has 19 heavy (non-hydrogen) atoms. The van der Waals surface area contributed by atoms with Crippen molar-refractivity contribution < 1.29 is 4.74 Å². The average Bonchev–Trinajstić information content (AvgIpc) is 2.45. The Hall–Kier alpha value is -2.35. The highest BCUT2D eigenvalue weighted by molar-refractivity contribution is 5.94. The Morgan fingerprint density at radius 2 is 1.84 bits per heavy atom. The second-order valence-corrected chi connectivity index (χ2v) is 4.05. The summed E-state index contributed by atoms with van der Waals surface area (Å²) in [6.07, 6.45) is 3.65. The molecule has 0 radical (unpaired) electrons. The van der Waals surface area contributed by atoms with Gasteiger partial charge in [0.05, 0.1) is 12.8 Å². The number of allylic oxidation sites excluding steroid dienone is 3. The van der Waals surface area contributed by atoms with Gasteiger partial charge >= 0.3 is 0 Å². The van der Waals surface area contributed by atoms with Gasteiger partial charge in [-0.2, -0.15) is 0 Å². The first-order chi connectivity index (χ1) is 9.08. The average molecular weight is 253 g/mol. The van der Waals surface area contributed by atoms with Gasteiger partial charge in [-0.3, -0.25) is 0 Å².